The molecule has 0 N–H and O–H groups in total. The van der Waals surface area contributed by atoms with Gasteiger partial charge in [0.2, 0.25) is 0 Å². The largest absolute Gasteiger partial charge is 0.311 e. The van der Waals surface area contributed by atoms with Gasteiger partial charge in [0.1, 0.15) is 0 Å². The minimum atomic E-state index is -0.0113. The molecule has 0 saturated carbocycles. The monoisotopic (exact) mass is 234 g/mol. The number of aromatic nitrogens is 1. The van der Waals surface area contributed by atoms with Crippen molar-refractivity contribution in [2.24, 2.45) is 7.05 Å². The second-order valence-electron chi connectivity index (χ2n) is 4.25. The van der Waals surface area contributed by atoms with Crippen LogP contribution in [0.25, 0.3) is 21.7 Å². The molecule has 0 aliphatic rings. The third-order valence-corrected chi connectivity index (χ3v) is 3.24. The van der Waals surface area contributed by atoms with Crippen molar-refractivity contribution < 1.29 is 0 Å². The van der Waals surface area contributed by atoms with Crippen LogP contribution in [0.1, 0.15) is 5.56 Å². The summed E-state index contributed by atoms with van der Waals surface area (Å²) in [6.07, 6.45) is 0. The molecule has 0 saturated heterocycles. The van der Waals surface area contributed by atoms with E-state index >= 15 is 0 Å². The maximum Gasteiger partial charge on any atom is 0.258 e. The topological polar surface area (TPSA) is 45.8 Å². The normalized spacial score (nSPS) is 10.7. The van der Waals surface area contributed by atoms with Crippen LogP contribution >= 0.6 is 0 Å². The first-order valence-corrected chi connectivity index (χ1v) is 5.64. The maximum atomic E-state index is 12.2. The van der Waals surface area contributed by atoms with Crippen LogP contribution < -0.4 is 5.56 Å². The van der Waals surface area contributed by atoms with Crippen molar-refractivity contribution in [3.05, 3.63) is 58.4 Å². The Bertz CT molecular complexity index is 869. The lowest BCUT2D eigenvalue weighted by Gasteiger charge is -2.08. The van der Waals surface area contributed by atoms with Gasteiger partial charge in [0.25, 0.3) is 5.56 Å². The molecule has 0 unspecified atom stereocenters. The van der Waals surface area contributed by atoms with E-state index in [1.54, 1.807) is 17.7 Å². The van der Waals surface area contributed by atoms with Crippen LogP contribution in [-0.4, -0.2) is 4.57 Å². The highest BCUT2D eigenvalue weighted by Gasteiger charge is 2.08. The lowest BCUT2D eigenvalue weighted by atomic mass is 10.0. The molecule has 3 aromatic rings. The molecule has 0 aliphatic carbocycles. The van der Waals surface area contributed by atoms with Gasteiger partial charge in [-0.3, -0.25) is 4.79 Å². The summed E-state index contributed by atoms with van der Waals surface area (Å²) < 4.78 is 1.62. The van der Waals surface area contributed by atoms with Crippen molar-refractivity contribution in [3.63, 3.8) is 0 Å². The number of benzene rings is 2. The average molecular weight is 234 g/mol. The van der Waals surface area contributed by atoms with Crippen molar-refractivity contribution in [1.82, 2.24) is 4.57 Å². The summed E-state index contributed by atoms with van der Waals surface area (Å²) in [5.74, 6) is 0. The van der Waals surface area contributed by atoms with Crippen molar-refractivity contribution in [3.8, 4) is 6.07 Å². The quantitative estimate of drug-likeness (QED) is 0.561. The molecule has 0 radical (unpaired) electrons. The second kappa shape index (κ2) is 3.71. The van der Waals surface area contributed by atoms with Crippen LogP contribution in [0.5, 0.6) is 0 Å². The predicted molar refractivity (Wildman–Crippen MR) is 71.4 cm³/mol. The van der Waals surface area contributed by atoms with Gasteiger partial charge < -0.3 is 4.57 Å². The Kier molecular flexibility index (Phi) is 2.17. The first-order chi connectivity index (χ1) is 8.72. The number of aryl methyl sites for hydroxylation is 1. The molecule has 0 bridgehead atoms. The Morgan fingerprint density at radius 3 is 2.50 bits per heavy atom. The molecule has 1 heterocycles. The molecule has 2 aromatic carbocycles. The van der Waals surface area contributed by atoms with Gasteiger partial charge in [-0.2, -0.15) is 5.26 Å². The Balaban J connectivity index is 2.67. The third kappa shape index (κ3) is 1.33. The van der Waals surface area contributed by atoms with Gasteiger partial charge in [-0.05, 0) is 29.7 Å². The average Bonchev–Trinajstić information content (AvgIpc) is 2.44. The fraction of sp³-hybridized carbons (Fsp3) is 0.0667. The highest BCUT2D eigenvalue weighted by Crippen LogP contribution is 2.23. The summed E-state index contributed by atoms with van der Waals surface area (Å²) in [7, 11) is 1.75. The van der Waals surface area contributed by atoms with Crippen molar-refractivity contribution in [2.45, 2.75) is 0 Å². The fourth-order valence-corrected chi connectivity index (χ4v) is 2.31. The molecule has 0 amide bonds. The number of nitriles is 1. The zero-order chi connectivity index (χ0) is 12.7. The fourth-order valence-electron chi connectivity index (χ4n) is 2.31. The number of pyridine rings is 1. The predicted octanol–water partition coefficient (Wildman–Crippen LogP) is 2.56. The molecular formula is C15H10N2O. The van der Waals surface area contributed by atoms with Crippen LogP contribution in [0.15, 0.2) is 47.3 Å². The van der Waals surface area contributed by atoms with E-state index < -0.39 is 0 Å². The summed E-state index contributed by atoms with van der Waals surface area (Å²) >= 11 is 0. The SMILES string of the molecule is Cn1c(=O)c2ccccc2c2cc(C#N)ccc21. The summed E-state index contributed by atoms with van der Waals surface area (Å²) in [5.41, 5.74) is 1.44. The Labute approximate surface area is 104 Å². The van der Waals surface area contributed by atoms with Crippen LogP contribution in [0.3, 0.4) is 0 Å². The molecule has 1 aromatic heterocycles. The minimum Gasteiger partial charge on any atom is -0.311 e. The third-order valence-electron chi connectivity index (χ3n) is 3.24. The Morgan fingerprint density at radius 2 is 1.78 bits per heavy atom. The second-order valence-corrected chi connectivity index (χ2v) is 4.25. The molecular weight excluding hydrogens is 224 g/mol. The van der Waals surface area contributed by atoms with E-state index in [2.05, 4.69) is 6.07 Å². The van der Waals surface area contributed by atoms with Gasteiger partial charge in [-0.25, -0.2) is 0 Å². The van der Waals surface area contributed by atoms with E-state index in [1.165, 1.54) is 0 Å². The molecule has 0 spiro atoms. The standard InChI is InChI=1S/C15H10N2O/c1-17-14-7-6-10(9-16)8-13(14)11-4-2-3-5-12(11)15(17)18/h2-8H,1H3. The molecule has 3 heteroatoms. The molecule has 3 nitrogen and oxygen atoms in total. The van der Waals surface area contributed by atoms with Gasteiger partial charge >= 0.3 is 0 Å². The molecule has 3 rings (SSSR count). The Hall–Kier alpha value is -2.60. The van der Waals surface area contributed by atoms with Gasteiger partial charge in [0.15, 0.2) is 0 Å². The zero-order valence-electron chi connectivity index (χ0n) is 9.84. The van der Waals surface area contributed by atoms with Gasteiger partial charge in [0, 0.05) is 17.8 Å². The van der Waals surface area contributed by atoms with Crippen LogP contribution in [0, 0.1) is 11.3 Å². The summed E-state index contributed by atoms with van der Waals surface area (Å²) in [6.45, 7) is 0. The lowest BCUT2D eigenvalue weighted by molar-refractivity contribution is 0.918. The van der Waals surface area contributed by atoms with Gasteiger partial charge in [-0.15, -0.1) is 0 Å². The molecule has 18 heavy (non-hydrogen) atoms. The highest BCUT2D eigenvalue weighted by molar-refractivity contribution is 6.05. The number of fused-ring (bicyclic) bond motifs is 3. The first kappa shape index (κ1) is 10.5. The Morgan fingerprint density at radius 1 is 1.06 bits per heavy atom. The summed E-state index contributed by atoms with van der Waals surface area (Å²) in [4.78, 5) is 12.2. The summed E-state index contributed by atoms with van der Waals surface area (Å²) in [6, 6.07) is 15.0. The van der Waals surface area contributed by atoms with Crippen LogP contribution in [0.4, 0.5) is 0 Å². The molecule has 0 fully saturated rings. The van der Waals surface area contributed by atoms with Crippen LogP contribution in [0.2, 0.25) is 0 Å². The molecule has 0 aliphatic heterocycles. The van der Waals surface area contributed by atoms with E-state index in [-0.39, 0.29) is 5.56 Å². The minimum absolute atomic E-state index is 0.0113. The zero-order valence-corrected chi connectivity index (χ0v) is 9.84. The van der Waals surface area contributed by atoms with E-state index in [1.807, 2.05) is 36.4 Å². The van der Waals surface area contributed by atoms with E-state index in [0.29, 0.717) is 10.9 Å². The van der Waals surface area contributed by atoms with Crippen molar-refractivity contribution in [2.75, 3.05) is 0 Å². The van der Waals surface area contributed by atoms with Crippen molar-refractivity contribution >= 4 is 21.7 Å². The van der Waals surface area contributed by atoms with Gasteiger partial charge in [-0.1, -0.05) is 18.2 Å². The van der Waals surface area contributed by atoms with E-state index in [0.717, 1.165) is 16.3 Å². The number of nitrogens with zero attached hydrogens (tertiary/aromatic N) is 2. The number of hydrogen-bond donors (Lipinski definition) is 0. The van der Waals surface area contributed by atoms with Crippen molar-refractivity contribution in [1.29, 1.82) is 5.26 Å². The number of hydrogen-bond acceptors (Lipinski definition) is 2. The van der Waals surface area contributed by atoms with E-state index in [4.69, 9.17) is 5.26 Å². The molecule has 0 atom stereocenters. The van der Waals surface area contributed by atoms with Crippen LogP contribution in [-0.2, 0) is 7.05 Å². The maximum absolute atomic E-state index is 12.2. The summed E-state index contributed by atoms with van der Waals surface area (Å²) in [5, 5.41) is 11.5. The van der Waals surface area contributed by atoms with Gasteiger partial charge in [0.05, 0.1) is 17.1 Å². The number of rotatable bonds is 0. The first-order valence-electron chi connectivity index (χ1n) is 5.64. The highest BCUT2D eigenvalue weighted by atomic mass is 16.1. The lowest BCUT2D eigenvalue weighted by Crippen LogP contribution is -2.17. The van der Waals surface area contributed by atoms with E-state index in [9.17, 15) is 4.79 Å². The smallest absolute Gasteiger partial charge is 0.258 e. The molecule has 86 valence electrons.